The van der Waals surface area contributed by atoms with Gasteiger partial charge in [0.05, 0.1) is 11.4 Å². The van der Waals surface area contributed by atoms with Crippen molar-refractivity contribution in [3.63, 3.8) is 0 Å². The molecule has 2 rings (SSSR count). The predicted octanol–water partition coefficient (Wildman–Crippen LogP) is 8.41. The Balaban J connectivity index is 3.10. The molecule has 4 nitrogen and oxygen atoms in total. The molecule has 0 spiro atoms. The second-order valence-electron chi connectivity index (χ2n) is 15.7. The first-order valence-corrected chi connectivity index (χ1v) is 13.6. The molecule has 0 aromatic heterocycles. The lowest BCUT2D eigenvalue weighted by Gasteiger charge is -2.38. The average Bonchev–Trinajstić information content (AvgIpc) is 2.69. The molecule has 0 radical (unpaired) electrons. The number of aromatic hydroxyl groups is 2. The Morgan fingerprint density at radius 2 is 0.892 bits per heavy atom. The first kappa shape index (κ1) is 31.0. The molecule has 0 aliphatic rings. The van der Waals surface area contributed by atoms with Crippen molar-refractivity contribution in [2.45, 2.75) is 119 Å². The van der Waals surface area contributed by atoms with Crippen molar-refractivity contribution >= 4 is 11.4 Å². The van der Waals surface area contributed by atoms with E-state index in [-0.39, 0.29) is 38.6 Å². The first-order valence-electron chi connectivity index (χ1n) is 13.6. The van der Waals surface area contributed by atoms with E-state index in [1.807, 2.05) is 0 Å². The lowest BCUT2D eigenvalue weighted by atomic mass is 9.78. The van der Waals surface area contributed by atoms with Gasteiger partial charge in [-0.25, -0.2) is 0 Å². The molecule has 37 heavy (non-hydrogen) atoms. The number of phenolic OH excluding ortho intramolecular Hbond substituents is 2. The zero-order chi connectivity index (χ0) is 28.9. The van der Waals surface area contributed by atoms with Crippen LogP contribution in [0.3, 0.4) is 0 Å². The molecule has 2 aromatic rings. The standard InChI is InChI=1S/C33H54N2O2/c1-29(2,3)21-15-23(31(7,8)9)27(36)25(17-21)35(20-33(13,14)19-34)26-18-22(30(4,5)6)16-24(28(26)37)32(10,11)12/h15-18,36-37H,19-20,34H2,1-14H3. The van der Waals surface area contributed by atoms with Crippen LogP contribution in [0.15, 0.2) is 24.3 Å². The third-order valence-electron chi connectivity index (χ3n) is 7.25. The number of nitrogens with two attached hydrogens (primary N) is 1. The van der Waals surface area contributed by atoms with Crippen LogP contribution in [-0.2, 0) is 21.7 Å². The molecule has 0 saturated carbocycles. The van der Waals surface area contributed by atoms with Crippen molar-refractivity contribution in [2.24, 2.45) is 11.1 Å². The van der Waals surface area contributed by atoms with Crippen LogP contribution in [0.25, 0.3) is 0 Å². The van der Waals surface area contributed by atoms with Gasteiger partial charge in [-0.05, 0) is 56.9 Å². The maximum Gasteiger partial charge on any atom is 0.142 e. The minimum Gasteiger partial charge on any atom is -0.505 e. The molecule has 0 aliphatic carbocycles. The van der Waals surface area contributed by atoms with Crippen LogP contribution in [0.5, 0.6) is 11.5 Å². The quantitative estimate of drug-likeness (QED) is 0.377. The number of hydrogen-bond acceptors (Lipinski definition) is 4. The normalized spacial score (nSPS) is 13.7. The van der Waals surface area contributed by atoms with Gasteiger partial charge in [-0.15, -0.1) is 0 Å². The summed E-state index contributed by atoms with van der Waals surface area (Å²) in [5, 5.41) is 23.6. The lowest BCUT2D eigenvalue weighted by Crippen LogP contribution is -2.37. The van der Waals surface area contributed by atoms with Crippen LogP contribution in [-0.4, -0.2) is 23.3 Å². The minimum atomic E-state index is -0.266. The summed E-state index contributed by atoms with van der Waals surface area (Å²) < 4.78 is 0. The fourth-order valence-corrected chi connectivity index (χ4v) is 4.45. The van der Waals surface area contributed by atoms with Crippen molar-refractivity contribution in [1.82, 2.24) is 0 Å². The van der Waals surface area contributed by atoms with Crippen molar-refractivity contribution < 1.29 is 10.2 Å². The minimum absolute atomic E-state index is 0.122. The van der Waals surface area contributed by atoms with Crippen molar-refractivity contribution in [1.29, 1.82) is 0 Å². The Kier molecular flexibility index (Phi) is 8.25. The van der Waals surface area contributed by atoms with E-state index in [1.165, 1.54) is 0 Å². The summed E-state index contributed by atoms with van der Waals surface area (Å²) in [6.07, 6.45) is 0. The largest absolute Gasteiger partial charge is 0.505 e. The number of hydrogen-bond donors (Lipinski definition) is 3. The van der Waals surface area contributed by atoms with Gasteiger partial charge in [0, 0.05) is 17.7 Å². The Hall–Kier alpha value is -2.20. The zero-order valence-electron chi connectivity index (χ0n) is 26.1. The van der Waals surface area contributed by atoms with E-state index >= 15 is 0 Å². The van der Waals surface area contributed by atoms with Crippen molar-refractivity contribution in [2.75, 3.05) is 18.0 Å². The van der Waals surface area contributed by atoms with Crippen LogP contribution >= 0.6 is 0 Å². The topological polar surface area (TPSA) is 69.7 Å². The highest BCUT2D eigenvalue weighted by Crippen LogP contribution is 2.49. The van der Waals surface area contributed by atoms with E-state index < -0.39 is 0 Å². The third kappa shape index (κ3) is 7.02. The van der Waals surface area contributed by atoms with Gasteiger partial charge in [0.1, 0.15) is 11.5 Å². The molecule has 0 saturated heterocycles. The summed E-state index contributed by atoms with van der Waals surface area (Å²) in [7, 11) is 0. The smallest absolute Gasteiger partial charge is 0.142 e. The summed E-state index contributed by atoms with van der Waals surface area (Å²) in [4.78, 5) is 2.10. The number of anilines is 2. The SMILES string of the molecule is CC(C)(CN)CN(c1cc(C(C)(C)C)cc(C(C)(C)C)c1O)c1cc(C(C)(C)C)cc(C(C)(C)C)c1O. The van der Waals surface area contributed by atoms with E-state index in [0.717, 1.165) is 22.3 Å². The molecule has 0 unspecified atom stereocenters. The summed E-state index contributed by atoms with van der Waals surface area (Å²) in [6, 6.07) is 8.46. The second kappa shape index (κ2) is 9.84. The number of rotatable bonds is 5. The highest BCUT2D eigenvalue weighted by Gasteiger charge is 2.33. The monoisotopic (exact) mass is 510 g/mol. The maximum absolute atomic E-state index is 11.8. The van der Waals surface area contributed by atoms with Gasteiger partial charge < -0.3 is 20.8 Å². The zero-order valence-corrected chi connectivity index (χ0v) is 26.1. The molecule has 4 heteroatoms. The van der Waals surface area contributed by atoms with Gasteiger partial charge in [0.15, 0.2) is 0 Å². The van der Waals surface area contributed by atoms with E-state index in [2.05, 4.69) is 126 Å². The molecular weight excluding hydrogens is 456 g/mol. The molecule has 0 fully saturated rings. The number of phenols is 2. The number of benzene rings is 2. The molecule has 4 N–H and O–H groups in total. The molecular formula is C33H54N2O2. The average molecular weight is 511 g/mol. The summed E-state index contributed by atoms with van der Waals surface area (Å²) >= 11 is 0. The van der Waals surface area contributed by atoms with Gasteiger partial charge in [-0.1, -0.05) is 109 Å². The van der Waals surface area contributed by atoms with Gasteiger partial charge in [0.25, 0.3) is 0 Å². The van der Waals surface area contributed by atoms with Crippen LogP contribution in [0.2, 0.25) is 0 Å². The van der Waals surface area contributed by atoms with E-state index in [0.29, 0.717) is 24.5 Å². The first-order chi connectivity index (χ1) is 16.4. The molecule has 0 heterocycles. The highest BCUT2D eigenvalue weighted by molar-refractivity contribution is 5.78. The van der Waals surface area contributed by atoms with Gasteiger partial charge in [-0.2, -0.15) is 0 Å². The molecule has 0 aliphatic heterocycles. The molecule has 0 atom stereocenters. The Bertz CT molecular complexity index is 1040. The second-order valence-corrected chi connectivity index (χ2v) is 15.7. The van der Waals surface area contributed by atoms with E-state index in [4.69, 9.17) is 5.73 Å². The van der Waals surface area contributed by atoms with Gasteiger partial charge in [0.2, 0.25) is 0 Å². The lowest BCUT2D eigenvalue weighted by molar-refractivity contribution is 0.383. The summed E-state index contributed by atoms with van der Waals surface area (Å²) in [5.41, 5.74) is 10.7. The molecule has 0 amide bonds. The Morgan fingerprint density at radius 1 is 0.568 bits per heavy atom. The fourth-order valence-electron chi connectivity index (χ4n) is 4.45. The fraction of sp³-hybridized carbons (Fsp3) is 0.636. The highest BCUT2D eigenvalue weighted by atomic mass is 16.3. The predicted molar refractivity (Wildman–Crippen MR) is 161 cm³/mol. The number of nitrogens with zero attached hydrogens (tertiary/aromatic N) is 1. The van der Waals surface area contributed by atoms with E-state index in [9.17, 15) is 10.2 Å². The van der Waals surface area contributed by atoms with Crippen molar-refractivity contribution in [3.8, 4) is 11.5 Å². The van der Waals surface area contributed by atoms with Crippen molar-refractivity contribution in [3.05, 3.63) is 46.5 Å². The molecule has 2 aromatic carbocycles. The van der Waals surface area contributed by atoms with Gasteiger partial charge >= 0.3 is 0 Å². The Morgan fingerprint density at radius 3 is 1.14 bits per heavy atom. The van der Waals surface area contributed by atoms with Crippen LogP contribution in [0, 0.1) is 5.41 Å². The molecule has 208 valence electrons. The van der Waals surface area contributed by atoms with Gasteiger partial charge in [-0.3, -0.25) is 0 Å². The van der Waals surface area contributed by atoms with Crippen LogP contribution in [0.1, 0.15) is 119 Å². The van der Waals surface area contributed by atoms with Crippen LogP contribution in [0.4, 0.5) is 11.4 Å². The van der Waals surface area contributed by atoms with E-state index in [1.54, 1.807) is 0 Å². The summed E-state index contributed by atoms with van der Waals surface area (Å²) in [5.74, 6) is 0.511. The van der Waals surface area contributed by atoms with Crippen LogP contribution < -0.4 is 10.6 Å². The maximum atomic E-state index is 11.8. The summed E-state index contributed by atoms with van der Waals surface area (Å²) in [6.45, 7) is 31.2. The molecule has 0 bridgehead atoms. The third-order valence-corrected chi connectivity index (χ3v) is 7.25. The Labute approximate surface area is 227 Å².